The predicted octanol–water partition coefficient (Wildman–Crippen LogP) is 3.44. The Kier molecular flexibility index (Phi) is 4.50. The van der Waals surface area contributed by atoms with Gasteiger partial charge in [-0.1, -0.05) is 13.8 Å². The van der Waals surface area contributed by atoms with Crippen molar-refractivity contribution in [2.75, 3.05) is 7.11 Å². The molecule has 108 valence electrons. The average molecular weight is 338 g/mol. The number of benzene rings is 1. The molecule has 4 nitrogen and oxygen atoms in total. The molecule has 5 heteroatoms. The Morgan fingerprint density at radius 1 is 1.40 bits per heavy atom. The van der Waals surface area contributed by atoms with Gasteiger partial charge in [0.15, 0.2) is 0 Å². The predicted molar refractivity (Wildman–Crippen MR) is 84.9 cm³/mol. The number of halogens is 1. The maximum Gasteiger partial charge on any atom is 0.122 e. The van der Waals surface area contributed by atoms with Crippen LogP contribution in [-0.4, -0.2) is 16.9 Å². The lowest BCUT2D eigenvalue weighted by molar-refractivity contribution is 0.407. The molecule has 1 heterocycles. The molecule has 2 N–H and O–H groups in total. The molecule has 0 aliphatic heterocycles. The fourth-order valence-corrected chi connectivity index (χ4v) is 3.00. The minimum Gasteiger partial charge on any atom is -0.496 e. The third-order valence-electron chi connectivity index (χ3n) is 3.42. The smallest absolute Gasteiger partial charge is 0.122 e. The molecular weight excluding hydrogens is 318 g/mol. The number of nitrogens with two attached hydrogens (primary N) is 1. The maximum absolute atomic E-state index is 5.76. The summed E-state index contributed by atoms with van der Waals surface area (Å²) in [5, 5.41) is 4.56. The Balaban J connectivity index is 2.56. The highest BCUT2D eigenvalue weighted by atomic mass is 79.9. The van der Waals surface area contributed by atoms with E-state index in [9.17, 15) is 0 Å². The summed E-state index contributed by atoms with van der Waals surface area (Å²) in [5.41, 5.74) is 9.90. The molecule has 2 rings (SSSR count). The van der Waals surface area contributed by atoms with Crippen LogP contribution in [0.15, 0.2) is 22.7 Å². The summed E-state index contributed by atoms with van der Waals surface area (Å²) in [6, 6.07) is 6.16. The van der Waals surface area contributed by atoms with E-state index in [-0.39, 0.29) is 0 Å². The minimum atomic E-state index is 0.390. The molecule has 0 aliphatic carbocycles. The second-order valence-corrected chi connectivity index (χ2v) is 5.84. The van der Waals surface area contributed by atoms with Gasteiger partial charge in [-0.15, -0.1) is 0 Å². The molecule has 0 spiro atoms. The van der Waals surface area contributed by atoms with Crippen molar-refractivity contribution in [2.24, 2.45) is 12.8 Å². The summed E-state index contributed by atoms with van der Waals surface area (Å²) in [5.74, 6) is 1.30. The molecule has 0 atom stereocenters. The summed E-state index contributed by atoms with van der Waals surface area (Å²) in [6.07, 6.45) is 0. The number of hydrogen-bond donors (Lipinski definition) is 1. The minimum absolute atomic E-state index is 0.390. The molecule has 0 fully saturated rings. The fourth-order valence-electron chi connectivity index (χ4n) is 2.27. The first-order valence-corrected chi connectivity index (χ1v) is 7.38. The summed E-state index contributed by atoms with van der Waals surface area (Å²) in [6.45, 7) is 4.76. The SMILES string of the molecule is COc1ccc(-c2nn(C)c(CN)c2Br)cc1C(C)C. The summed E-state index contributed by atoms with van der Waals surface area (Å²) in [7, 11) is 3.60. The highest BCUT2D eigenvalue weighted by molar-refractivity contribution is 9.10. The zero-order valence-electron chi connectivity index (χ0n) is 12.3. The molecule has 0 amide bonds. The van der Waals surface area contributed by atoms with E-state index < -0.39 is 0 Å². The zero-order valence-corrected chi connectivity index (χ0v) is 13.9. The molecular formula is C15H20BrN3O. The Bertz CT molecular complexity index is 620. The van der Waals surface area contributed by atoms with Crippen molar-refractivity contribution in [2.45, 2.75) is 26.3 Å². The summed E-state index contributed by atoms with van der Waals surface area (Å²) >= 11 is 3.60. The second-order valence-electron chi connectivity index (χ2n) is 5.05. The quantitative estimate of drug-likeness (QED) is 0.929. The largest absolute Gasteiger partial charge is 0.496 e. The van der Waals surface area contributed by atoms with Crippen LogP contribution in [-0.2, 0) is 13.6 Å². The van der Waals surface area contributed by atoms with Crippen molar-refractivity contribution in [1.29, 1.82) is 0 Å². The van der Waals surface area contributed by atoms with E-state index in [1.807, 2.05) is 23.9 Å². The van der Waals surface area contributed by atoms with E-state index in [1.165, 1.54) is 5.56 Å². The number of aromatic nitrogens is 2. The van der Waals surface area contributed by atoms with Crippen molar-refractivity contribution < 1.29 is 4.74 Å². The first kappa shape index (κ1) is 15.1. The number of hydrogen-bond acceptors (Lipinski definition) is 3. The van der Waals surface area contributed by atoms with Crippen molar-refractivity contribution >= 4 is 15.9 Å². The van der Waals surface area contributed by atoms with Crippen LogP contribution in [0.1, 0.15) is 31.0 Å². The third-order valence-corrected chi connectivity index (χ3v) is 4.25. The number of methoxy groups -OCH3 is 1. The van der Waals surface area contributed by atoms with Gasteiger partial charge in [0.1, 0.15) is 11.4 Å². The average Bonchev–Trinajstić information content (AvgIpc) is 2.72. The van der Waals surface area contributed by atoms with Gasteiger partial charge in [0.25, 0.3) is 0 Å². The monoisotopic (exact) mass is 337 g/mol. The Labute approximate surface area is 128 Å². The summed E-state index contributed by atoms with van der Waals surface area (Å²) in [4.78, 5) is 0. The lowest BCUT2D eigenvalue weighted by Gasteiger charge is -2.13. The third kappa shape index (κ3) is 2.60. The van der Waals surface area contributed by atoms with Crippen molar-refractivity contribution in [3.8, 4) is 17.0 Å². The van der Waals surface area contributed by atoms with Gasteiger partial charge in [0.2, 0.25) is 0 Å². The van der Waals surface area contributed by atoms with Crippen molar-refractivity contribution in [3.63, 3.8) is 0 Å². The van der Waals surface area contributed by atoms with Gasteiger partial charge in [-0.05, 0) is 45.6 Å². The number of nitrogens with zero attached hydrogens (tertiary/aromatic N) is 2. The van der Waals surface area contributed by atoms with E-state index in [0.717, 1.165) is 27.2 Å². The highest BCUT2D eigenvalue weighted by Crippen LogP contribution is 2.35. The highest BCUT2D eigenvalue weighted by Gasteiger charge is 2.16. The van der Waals surface area contributed by atoms with Gasteiger partial charge in [0, 0.05) is 19.2 Å². The lowest BCUT2D eigenvalue weighted by atomic mass is 9.98. The number of aryl methyl sites for hydroxylation is 1. The van der Waals surface area contributed by atoms with Crippen LogP contribution in [0.25, 0.3) is 11.3 Å². The molecule has 0 saturated carbocycles. The molecule has 2 aromatic rings. The maximum atomic E-state index is 5.76. The Hall–Kier alpha value is -1.33. The zero-order chi connectivity index (χ0) is 14.9. The molecule has 0 radical (unpaired) electrons. The van der Waals surface area contributed by atoms with Gasteiger partial charge < -0.3 is 10.5 Å². The van der Waals surface area contributed by atoms with Crippen LogP contribution in [0.2, 0.25) is 0 Å². The first-order valence-electron chi connectivity index (χ1n) is 6.59. The van der Waals surface area contributed by atoms with Gasteiger partial charge in [-0.2, -0.15) is 5.10 Å². The normalized spacial score (nSPS) is 11.2. The topological polar surface area (TPSA) is 53.1 Å². The van der Waals surface area contributed by atoms with Gasteiger partial charge >= 0.3 is 0 Å². The van der Waals surface area contributed by atoms with Crippen LogP contribution in [0, 0.1) is 0 Å². The van der Waals surface area contributed by atoms with Gasteiger partial charge in [-0.25, -0.2) is 0 Å². The van der Waals surface area contributed by atoms with E-state index in [1.54, 1.807) is 7.11 Å². The van der Waals surface area contributed by atoms with Crippen LogP contribution < -0.4 is 10.5 Å². The van der Waals surface area contributed by atoms with E-state index in [2.05, 4.69) is 40.9 Å². The molecule has 1 aromatic carbocycles. The molecule has 0 saturated heterocycles. The Morgan fingerprint density at radius 2 is 2.10 bits per heavy atom. The fraction of sp³-hybridized carbons (Fsp3) is 0.400. The summed E-state index contributed by atoms with van der Waals surface area (Å²) < 4.78 is 8.20. The molecule has 20 heavy (non-hydrogen) atoms. The number of ether oxygens (including phenoxy) is 1. The molecule has 0 aliphatic rings. The van der Waals surface area contributed by atoms with Crippen LogP contribution in [0.5, 0.6) is 5.75 Å². The van der Waals surface area contributed by atoms with Gasteiger partial charge in [0.05, 0.1) is 17.3 Å². The van der Waals surface area contributed by atoms with Crippen molar-refractivity contribution in [3.05, 3.63) is 33.9 Å². The van der Waals surface area contributed by atoms with Crippen LogP contribution in [0.3, 0.4) is 0 Å². The van der Waals surface area contributed by atoms with E-state index in [4.69, 9.17) is 10.5 Å². The molecule has 1 aromatic heterocycles. The lowest BCUT2D eigenvalue weighted by Crippen LogP contribution is -2.04. The second kappa shape index (κ2) is 5.97. The van der Waals surface area contributed by atoms with Crippen LogP contribution >= 0.6 is 15.9 Å². The van der Waals surface area contributed by atoms with Crippen molar-refractivity contribution in [1.82, 2.24) is 9.78 Å². The first-order chi connectivity index (χ1) is 9.49. The van der Waals surface area contributed by atoms with E-state index in [0.29, 0.717) is 12.5 Å². The number of rotatable bonds is 4. The standard InChI is InChI=1S/C15H20BrN3O/c1-9(2)11-7-10(5-6-13(11)20-4)15-14(16)12(8-17)19(3)18-15/h5-7,9H,8,17H2,1-4H3. The molecule has 0 unspecified atom stereocenters. The Morgan fingerprint density at radius 3 is 2.60 bits per heavy atom. The van der Waals surface area contributed by atoms with E-state index >= 15 is 0 Å². The van der Waals surface area contributed by atoms with Crippen LogP contribution in [0.4, 0.5) is 0 Å². The van der Waals surface area contributed by atoms with Gasteiger partial charge in [-0.3, -0.25) is 4.68 Å². The molecule has 0 bridgehead atoms.